The van der Waals surface area contributed by atoms with Crippen molar-refractivity contribution in [3.8, 4) is 11.4 Å². The summed E-state index contributed by atoms with van der Waals surface area (Å²) >= 11 is 0. The van der Waals surface area contributed by atoms with E-state index in [0.717, 1.165) is 0 Å². The normalized spacial score (nSPS) is 10.2. The van der Waals surface area contributed by atoms with Gasteiger partial charge in [-0.3, -0.25) is 9.36 Å². The highest BCUT2D eigenvalue weighted by molar-refractivity contribution is 5.60. The maximum atomic E-state index is 12.1. The minimum atomic E-state index is -0.299. The Morgan fingerprint density at radius 2 is 2.35 bits per heavy atom. The summed E-state index contributed by atoms with van der Waals surface area (Å²) in [5, 5.41) is 13.0. The summed E-state index contributed by atoms with van der Waals surface area (Å²) in [7, 11) is 0. The minimum absolute atomic E-state index is 0.270. The molecule has 0 aliphatic carbocycles. The van der Waals surface area contributed by atoms with E-state index in [9.17, 15) is 4.79 Å². The topological polar surface area (TPSA) is 89.3 Å². The standard InChI is InChI=1S/C10H10N6O/c1-4-16-9(6(2)3)11-5-7(10(16)17)8-12-14-15-13-8/h4-5H,1-2H2,3H3,(H,12,13,14,15). The molecule has 0 bridgehead atoms. The van der Waals surface area contributed by atoms with Crippen LogP contribution in [0.1, 0.15) is 12.7 Å². The maximum absolute atomic E-state index is 12.1. The molecular formula is C10H10N6O. The summed E-state index contributed by atoms with van der Waals surface area (Å²) in [6, 6.07) is 0. The molecule has 0 unspecified atom stereocenters. The Kier molecular flexibility index (Phi) is 2.65. The molecule has 7 nitrogen and oxygen atoms in total. The largest absolute Gasteiger partial charge is 0.268 e. The lowest BCUT2D eigenvalue weighted by Gasteiger charge is -2.07. The maximum Gasteiger partial charge on any atom is 0.268 e. The number of rotatable bonds is 3. The molecule has 2 heterocycles. The summed E-state index contributed by atoms with van der Waals surface area (Å²) in [5.41, 5.74) is 0.649. The van der Waals surface area contributed by atoms with Crippen LogP contribution in [0.4, 0.5) is 0 Å². The van der Waals surface area contributed by atoms with E-state index in [2.05, 4.69) is 38.8 Å². The Bertz CT molecular complexity index is 625. The molecule has 86 valence electrons. The Labute approximate surface area is 96.5 Å². The molecule has 17 heavy (non-hydrogen) atoms. The van der Waals surface area contributed by atoms with Gasteiger partial charge in [-0.25, -0.2) is 10.1 Å². The second kappa shape index (κ2) is 4.12. The molecule has 0 amide bonds. The van der Waals surface area contributed by atoms with Crippen LogP contribution in [0.2, 0.25) is 0 Å². The predicted octanol–water partition coefficient (Wildman–Crippen LogP) is 0.557. The van der Waals surface area contributed by atoms with Crippen molar-refractivity contribution in [2.45, 2.75) is 6.92 Å². The van der Waals surface area contributed by atoms with E-state index in [4.69, 9.17) is 0 Å². The summed E-state index contributed by atoms with van der Waals surface area (Å²) in [5.74, 6) is 0.729. The number of hydrogen-bond donors (Lipinski definition) is 1. The first-order valence-corrected chi connectivity index (χ1v) is 4.79. The highest BCUT2D eigenvalue weighted by Gasteiger charge is 2.12. The number of nitrogens with zero attached hydrogens (tertiary/aromatic N) is 5. The molecule has 7 heteroatoms. The van der Waals surface area contributed by atoms with Gasteiger partial charge in [-0.1, -0.05) is 13.2 Å². The van der Waals surface area contributed by atoms with Gasteiger partial charge in [0.05, 0.1) is 0 Å². The number of aromatic amines is 1. The van der Waals surface area contributed by atoms with Gasteiger partial charge in [0.1, 0.15) is 11.4 Å². The fourth-order valence-electron chi connectivity index (χ4n) is 1.39. The molecule has 1 N–H and O–H groups in total. The number of tetrazole rings is 1. The fraction of sp³-hybridized carbons (Fsp3) is 0.100. The van der Waals surface area contributed by atoms with E-state index in [0.29, 0.717) is 11.4 Å². The first-order chi connectivity index (χ1) is 8.15. The van der Waals surface area contributed by atoms with Gasteiger partial charge in [0, 0.05) is 12.4 Å². The van der Waals surface area contributed by atoms with Crippen molar-refractivity contribution in [3.05, 3.63) is 35.5 Å². The van der Waals surface area contributed by atoms with Crippen LogP contribution in [0, 0.1) is 0 Å². The van der Waals surface area contributed by atoms with Crippen molar-refractivity contribution in [1.82, 2.24) is 30.2 Å². The Morgan fingerprint density at radius 1 is 1.59 bits per heavy atom. The lowest BCUT2D eigenvalue weighted by atomic mass is 10.2. The van der Waals surface area contributed by atoms with Crippen LogP contribution in [0.25, 0.3) is 23.2 Å². The SMILES string of the molecule is C=Cn1c(C(=C)C)ncc(-c2nnn[nH]2)c1=O. The number of hydrogen-bond acceptors (Lipinski definition) is 5. The molecule has 0 saturated heterocycles. The van der Waals surface area contributed by atoms with Crippen LogP contribution in [-0.4, -0.2) is 30.2 Å². The first-order valence-electron chi connectivity index (χ1n) is 4.79. The van der Waals surface area contributed by atoms with Gasteiger partial charge in [-0.05, 0) is 22.9 Å². The van der Waals surface area contributed by atoms with Crippen molar-refractivity contribution >= 4 is 11.8 Å². The average Bonchev–Trinajstić information content (AvgIpc) is 2.81. The Hall–Kier alpha value is -2.57. The van der Waals surface area contributed by atoms with E-state index >= 15 is 0 Å². The molecule has 2 aromatic heterocycles. The van der Waals surface area contributed by atoms with Crippen molar-refractivity contribution in [2.24, 2.45) is 0 Å². The number of allylic oxidation sites excluding steroid dienone is 1. The van der Waals surface area contributed by atoms with E-state index in [1.807, 2.05) is 0 Å². The third kappa shape index (κ3) is 1.78. The van der Waals surface area contributed by atoms with Crippen molar-refractivity contribution < 1.29 is 0 Å². The molecule has 0 fully saturated rings. The third-order valence-corrected chi connectivity index (χ3v) is 2.16. The quantitative estimate of drug-likeness (QED) is 0.831. The fourth-order valence-corrected chi connectivity index (χ4v) is 1.39. The summed E-state index contributed by atoms with van der Waals surface area (Å²) < 4.78 is 1.31. The Morgan fingerprint density at radius 3 is 2.88 bits per heavy atom. The molecule has 2 rings (SSSR count). The highest BCUT2D eigenvalue weighted by atomic mass is 16.1. The van der Waals surface area contributed by atoms with Crippen LogP contribution in [0.5, 0.6) is 0 Å². The summed E-state index contributed by atoms with van der Waals surface area (Å²) in [6.07, 6.45) is 2.79. The van der Waals surface area contributed by atoms with Crippen molar-refractivity contribution in [2.75, 3.05) is 0 Å². The smallest absolute Gasteiger partial charge is 0.268 e. The highest BCUT2D eigenvalue weighted by Crippen LogP contribution is 2.11. The monoisotopic (exact) mass is 230 g/mol. The van der Waals surface area contributed by atoms with Gasteiger partial charge in [0.15, 0.2) is 5.82 Å². The van der Waals surface area contributed by atoms with Crippen LogP contribution in [0.3, 0.4) is 0 Å². The minimum Gasteiger partial charge on any atom is -0.268 e. The molecule has 2 aromatic rings. The van der Waals surface area contributed by atoms with Crippen molar-refractivity contribution in [3.63, 3.8) is 0 Å². The summed E-state index contributed by atoms with van der Waals surface area (Å²) in [6.45, 7) is 9.09. The lowest BCUT2D eigenvalue weighted by Crippen LogP contribution is -2.22. The zero-order chi connectivity index (χ0) is 12.4. The van der Waals surface area contributed by atoms with Crippen LogP contribution < -0.4 is 5.56 Å². The van der Waals surface area contributed by atoms with E-state index in [-0.39, 0.29) is 16.9 Å². The molecule has 0 radical (unpaired) electrons. The zero-order valence-electron chi connectivity index (χ0n) is 9.21. The molecule has 0 atom stereocenters. The predicted molar refractivity (Wildman–Crippen MR) is 62.8 cm³/mol. The molecule has 0 aliphatic rings. The van der Waals surface area contributed by atoms with Gasteiger partial charge in [0.25, 0.3) is 5.56 Å². The van der Waals surface area contributed by atoms with E-state index in [1.165, 1.54) is 17.0 Å². The van der Waals surface area contributed by atoms with Gasteiger partial charge in [-0.15, -0.1) is 5.10 Å². The zero-order valence-corrected chi connectivity index (χ0v) is 9.21. The van der Waals surface area contributed by atoms with Crippen LogP contribution >= 0.6 is 0 Å². The number of aromatic nitrogens is 6. The summed E-state index contributed by atoms with van der Waals surface area (Å²) in [4.78, 5) is 16.3. The van der Waals surface area contributed by atoms with Crippen molar-refractivity contribution in [1.29, 1.82) is 0 Å². The third-order valence-electron chi connectivity index (χ3n) is 2.16. The molecule has 0 spiro atoms. The van der Waals surface area contributed by atoms with Gasteiger partial charge >= 0.3 is 0 Å². The van der Waals surface area contributed by atoms with E-state index in [1.54, 1.807) is 6.92 Å². The van der Waals surface area contributed by atoms with Gasteiger partial charge in [0.2, 0.25) is 0 Å². The number of nitrogens with one attached hydrogen (secondary N) is 1. The second-order valence-electron chi connectivity index (χ2n) is 3.38. The van der Waals surface area contributed by atoms with E-state index < -0.39 is 0 Å². The number of H-pyrrole nitrogens is 1. The molecular weight excluding hydrogens is 220 g/mol. The Balaban J connectivity index is 2.71. The average molecular weight is 230 g/mol. The van der Waals surface area contributed by atoms with Gasteiger partial charge < -0.3 is 0 Å². The van der Waals surface area contributed by atoms with Crippen LogP contribution in [0.15, 0.2) is 24.1 Å². The lowest BCUT2D eigenvalue weighted by molar-refractivity contribution is 0.881. The molecule has 0 aromatic carbocycles. The first kappa shape index (κ1) is 10.9. The molecule has 0 saturated carbocycles. The van der Waals surface area contributed by atoms with Gasteiger partial charge in [-0.2, -0.15) is 0 Å². The molecule has 0 aliphatic heterocycles. The second-order valence-corrected chi connectivity index (χ2v) is 3.38. The van der Waals surface area contributed by atoms with Crippen LogP contribution in [-0.2, 0) is 0 Å².